The Morgan fingerprint density at radius 3 is 2.32 bits per heavy atom. The molecule has 0 spiro atoms. The van der Waals surface area contributed by atoms with Gasteiger partial charge in [-0.1, -0.05) is 62.2 Å². The van der Waals surface area contributed by atoms with Gasteiger partial charge in [0.05, 0.1) is 12.7 Å². The molecule has 154 valence electrons. The highest BCUT2D eigenvalue weighted by atomic mass is 16.5. The van der Waals surface area contributed by atoms with Crippen LogP contribution in [0.3, 0.4) is 0 Å². The molecule has 4 nitrogen and oxygen atoms in total. The number of aryl methyl sites for hydroxylation is 1. The molecule has 0 bridgehead atoms. The summed E-state index contributed by atoms with van der Waals surface area (Å²) >= 11 is 0. The minimum Gasteiger partial charge on any atom is -0.489 e. The molecular formula is C24H35NO3. The van der Waals surface area contributed by atoms with Gasteiger partial charge in [0.15, 0.2) is 0 Å². The summed E-state index contributed by atoms with van der Waals surface area (Å²) in [7, 11) is 0. The van der Waals surface area contributed by atoms with Crippen molar-refractivity contribution in [2.75, 3.05) is 26.2 Å². The number of unbranched alkanes of at least 4 members (excludes halogenated alkanes) is 1. The average Bonchev–Trinajstić information content (AvgIpc) is 2.72. The third-order valence-electron chi connectivity index (χ3n) is 4.89. The lowest BCUT2D eigenvalue weighted by Crippen LogP contribution is -2.35. The second kappa shape index (κ2) is 13.3. The van der Waals surface area contributed by atoms with Gasteiger partial charge in [0.2, 0.25) is 0 Å². The van der Waals surface area contributed by atoms with Crippen molar-refractivity contribution in [3.63, 3.8) is 0 Å². The lowest BCUT2D eigenvalue weighted by atomic mass is 10.1. The van der Waals surface area contributed by atoms with Crippen LogP contribution in [0.15, 0.2) is 54.6 Å². The van der Waals surface area contributed by atoms with Crippen LogP contribution in [0.4, 0.5) is 0 Å². The van der Waals surface area contributed by atoms with E-state index >= 15 is 0 Å². The average molecular weight is 386 g/mol. The van der Waals surface area contributed by atoms with E-state index in [9.17, 15) is 10.2 Å². The Bertz CT molecular complexity index is 630. The Labute approximate surface area is 169 Å². The van der Waals surface area contributed by atoms with Gasteiger partial charge in [-0.15, -0.1) is 0 Å². The zero-order chi connectivity index (χ0) is 20.0. The highest BCUT2D eigenvalue weighted by Gasteiger charge is 2.11. The van der Waals surface area contributed by atoms with Crippen LogP contribution in [0.25, 0.3) is 0 Å². The first-order valence-electron chi connectivity index (χ1n) is 10.5. The largest absolute Gasteiger partial charge is 0.489 e. The maximum Gasteiger partial charge on any atom is 0.119 e. The number of benzene rings is 2. The number of hydrogen-bond acceptors (Lipinski definition) is 4. The van der Waals surface area contributed by atoms with Crippen LogP contribution in [0, 0.1) is 0 Å². The van der Waals surface area contributed by atoms with E-state index in [0.717, 1.165) is 50.0 Å². The third kappa shape index (κ3) is 8.87. The predicted octanol–water partition coefficient (Wildman–Crippen LogP) is 4.04. The van der Waals surface area contributed by atoms with Crippen LogP contribution in [0.1, 0.15) is 43.7 Å². The molecule has 4 heteroatoms. The molecule has 2 aromatic rings. The molecule has 2 aromatic carbocycles. The summed E-state index contributed by atoms with van der Waals surface area (Å²) in [6.45, 7) is 5.01. The maximum absolute atomic E-state index is 10.1. The van der Waals surface area contributed by atoms with Gasteiger partial charge in [-0.2, -0.15) is 0 Å². The van der Waals surface area contributed by atoms with E-state index < -0.39 is 0 Å². The van der Waals surface area contributed by atoms with Crippen LogP contribution in [-0.4, -0.2) is 47.5 Å². The molecule has 0 aliphatic carbocycles. The standard InChI is InChI=1S/C24H35NO3/c1-2-3-9-23(27)19-25(17-18-26)16-7-8-21-12-14-22(15-13-21)20-28-24-10-5-4-6-11-24/h4-6,10-15,23,26-27H,2-3,7-9,16-20H2,1H3/t23-/m0/s1. The van der Waals surface area contributed by atoms with Gasteiger partial charge in [0.25, 0.3) is 0 Å². The summed E-state index contributed by atoms with van der Waals surface area (Å²) in [4.78, 5) is 2.17. The molecule has 1 atom stereocenters. The number of rotatable bonds is 14. The SMILES string of the molecule is CCCC[C@H](O)CN(CCO)CCCc1ccc(COc2ccccc2)cc1. The van der Waals surface area contributed by atoms with Gasteiger partial charge in [0.1, 0.15) is 12.4 Å². The van der Waals surface area contributed by atoms with Crippen molar-refractivity contribution in [2.24, 2.45) is 0 Å². The first kappa shape index (κ1) is 22.4. The number of aliphatic hydroxyl groups excluding tert-OH is 2. The number of aliphatic hydroxyl groups is 2. The fraction of sp³-hybridized carbons (Fsp3) is 0.500. The zero-order valence-electron chi connectivity index (χ0n) is 17.1. The second-order valence-corrected chi connectivity index (χ2v) is 7.34. The van der Waals surface area contributed by atoms with Crippen molar-refractivity contribution in [3.05, 3.63) is 65.7 Å². The van der Waals surface area contributed by atoms with Gasteiger partial charge in [0, 0.05) is 13.1 Å². The minimum absolute atomic E-state index is 0.136. The van der Waals surface area contributed by atoms with Gasteiger partial charge in [-0.25, -0.2) is 0 Å². The quantitative estimate of drug-likeness (QED) is 0.515. The fourth-order valence-electron chi connectivity index (χ4n) is 3.26. The molecule has 0 unspecified atom stereocenters. The van der Waals surface area contributed by atoms with Gasteiger partial charge in [-0.05, 0) is 49.1 Å². The third-order valence-corrected chi connectivity index (χ3v) is 4.89. The van der Waals surface area contributed by atoms with Crippen LogP contribution in [0.2, 0.25) is 0 Å². The molecular weight excluding hydrogens is 350 g/mol. The Kier molecular flexibility index (Phi) is 10.7. The normalized spacial score (nSPS) is 12.3. The van der Waals surface area contributed by atoms with E-state index in [1.165, 1.54) is 5.56 Å². The molecule has 0 aromatic heterocycles. The number of ether oxygens (including phenoxy) is 1. The fourth-order valence-corrected chi connectivity index (χ4v) is 3.26. The summed E-state index contributed by atoms with van der Waals surface area (Å²) in [5.41, 5.74) is 2.47. The molecule has 0 aliphatic rings. The first-order valence-corrected chi connectivity index (χ1v) is 10.5. The molecule has 0 heterocycles. The minimum atomic E-state index is -0.296. The molecule has 2 N–H and O–H groups in total. The Hall–Kier alpha value is -1.88. The summed E-state index contributed by atoms with van der Waals surface area (Å²) in [6.07, 6.45) is 4.70. The molecule has 0 amide bonds. The first-order chi connectivity index (χ1) is 13.7. The van der Waals surface area contributed by atoms with E-state index in [0.29, 0.717) is 19.7 Å². The second-order valence-electron chi connectivity index (χ2n) is 7.34. The summed E-state index contributed by atoms with van der Waals surface area (Å²) in [5.74, 6) is 0.886. The van der Waals surface area contributed by atoms with Crippen LogP contribution in [-0.2, 0) is 13.0 Å². The Balaban J connectivity index is 1.72. The number of nitrogens with zero attached hydrogens (tertiary/aromatic N) is 1. The Morgan fingerprint density at radius 2 is 1.64 bits per heavy atom. The summed E-state index contributed by atoms with van der Waals surface area (Å²) in [6, 6.07) is 18.4. The van der Waals surface area contributed by atoms with Gasteiger partial charge in [-0.3, -0.25) is 4.90 Å². The monoisotopic (exact) mass is 385 g/mol. The topological polar surface area (TPSA) is 52.9 Å². The van der Waals surface area contributed by atoms with Crippen molar-refractivity contribution in [1.82, 2.24) is 4.90 Å². The zero-order valence-corrected chi connectivity index (χ0v) is 17.1. The van der Waals surface area contributed by atoms with E-state index in [1.54, 1.807) is 0 Å². The lowest BCUT2D eigenvalue weighted by Gasteiger charge is -2.24. The van der Waals surface area contributed by atoms with Crippen molar-refractivity contribution >= 4 is 0 Å². The van der Waals surface area contributed by atoms with Crippen molar-refractivity contribution in [1.29, 1.82) is 0 Å². The van der Waals surface area contributed by atoms with Crippen LogP contribution < -0.4 is 4.74 Å². The molecule has 28 heavy (non-hydrogen) atoms. The maximum atomic E-state index is 10.1. The molecule has 0 radical (unpaired) electrons. The van der Waals surface area contributed by atoms with E-state index in [1.807, 2.05) is 30.3 Å². The van der Waals surface area contributed by atoms with E-state index in [4.69, 9.17) is 4.74 Å². The summed E-state index contributed by atoms with van der Waals surface area (Å²) < 4.78 is 5.78. The Morgan fingerprint density at radius 1 is 0.929 bits per heavy atom. The van der Waals surface area contributed by atoms with Gasteiger partial charge < -0.3 is 14.9 Å². The van der Waals surface area contributed by atoms with Crippen molar-refractivity contribution in [2.45, 2.75) is 51.7 Å². The van der Waals surface area contributed by atoms with Crippen molar-refractivity contribution in [3.8, 4) is 5.75 Å². The molecule has 0 aliphatic heterocycles. The molecule has 0 saturated heterocycles. The number of hydrogen-bond donors (Lipinski definition) is 2. The van der Waals surface area contributed by atoms with Gasteiger partial charge >= 0.3 is 0 Å². The van der Waals surface area contributed by atoms with Crippen molar-refractivity contribution < 1.29 is 14.9 Å². The molecule has 0 saturated carbocycles. The highest BCUT2D eigenvalue weighted by molar-refractivity contribution is 5.24. The van der Waals surface area contributed by atoms with Crippen LogP contribution >= 0.6 is 0 Å². The molecule has 2 rings (SSSR count). The van der Waals surface area contributed by atoms with Crippen LogP contribution in [0.5, 0.6) is 5.75 Å². The number of para-hydroxylation sites is 1. The predicted molar refractivity (Wildman–Crippen MR) is 115 cm³/mol. The summed E-state index contributed by atoms with van der Waals surface area (Å²) in [5, 5.41) is 19.4. The highest BCUT2D eigenvalue weighted by Crippen LogP contribution is 2.13. The van der Waals surface area contributed by atoms with E-state index in [-0.39, 0.29) is 12.7 Å². The molecule has 0 fully saturated rings. The van der Waals surface area contributed by atoms with E-state index in [2.05, 4.69) is 36.1 Å². The lowest BCUT2D eigenvalue weighted by molar-refractivity contribution is 0.0914. The smallest absolute Gasteiger partial charge is 0.119 e.